The van der Waals surface area contributed by atoms with Crippen LogP contribution < -0.4 is 0 Å². The number of rotatable bonds is 14. The van der Waals surface area contributed by atoms with Crippen LogP contribution in [0.1, 0.15) is 104 Å². The Labute approximate surface area is 117 Å². The third-order valence-electron chi connectivity index (χ3n) is 4.00. The van der Waals surface area contributed by atoms with Gasteiger partial charge in [-0.2, -0.15) is 0 Å². The lowest BCUT2D eigenvalue weighted by Crippen LogP contribution is -1.95. The first-order chi connectivity index (χ1) is 8.81. The summed E-state index contributed by atoms with van der Waals surface area (Å²) in [5.74, 6) is 0.964. The molecule has 0 spiro atoms. The number of hydrogen-bond acceptors (Lipinski definition) is 0. The van der Waals surface area contributed by atoms with E-state index < -0.39 is 0 Å². The van der Waals surface area contributed by atoms with E-state index in [2.05, 4.69) is 20.8 Å². The normalized spacial score (nSPS) is 12.8. The first-order valence-corrected chi connectivity index (χ1v) is 8.60. The molecule has 0 aromatic carbocycles. The minimum Gasteiger partial charge on any atom is -0.0654 e. The van der Waals surface area contributed by atoms with Gasteiger partial charge in [-0.05, 0) is 5.92 Å². The zero-order valence-electron chi connectivity index (χ0n) is 13.2. The summed E-state index contributed by atoms with van der Waals surface area (Å²) in [6, 6.07) is 0. The summed E-state index contributed by atoms with van der Waals surface area (Å²) in [7, 11) is 0. The van der Waals surface area contributed by atoms with Gasteiger partial charge in [0.15, 0.2) is 0 Å². The maximum absolute atomic E-state index is 3.89. The molecule has 0 nitrogen and oxygen atoms in total. The minimum atomic E-state index is 0.964. The summed E-state index contributed by atoms with van der Waals surface area (Å²) in [5, 5.41) is 0. The van der Waals surface area contributed by atoms with E-state index in [1.807, 2.05) is 0 Å². The van der Waals surface area contributed by atoms with E-state index in [0.717, 1.165) is 12.3 Å². The van der Waals surface area contributed by atoms with Gasteiger partial charge in [-0.15, -0.1) is 0 Å². The Hall–Kier alpha value is 0. The number of unbranched alkanes of at least 4 members (excludes halogenated alkanes) is 10. The van der Waals surface area contributed by atoms with Crippen LogP contribution in [0.5, 0.6) is 0 Å². The van der Waals surface area contributed by atoms with Crippen LogP contribution in [0.25, 0.3) is 0 Å². The molecule has 0 rings (SSSR count). The third-order valence-corrected chi connectivity index (χ3v) is 4.00. The molecule has 0 amide bonds. The number of hydrogen-bond donors (Lipinski definition) is 0. The predicted molar refractivity (Wildman–Crippen MR) is 84.8 cm³/mol. The van der Waals surface area contributed by atoms with Gasteiger partial charge < -0.3 is 0 Å². The summed E-state index contributed by atoms with van der Waals surface area (Å²) < 4.78 is 0. The monoisotopic (exact) mass is 253 g/mol. The van der Waals surface area contributed by atoms with E-state index in [4.69, 9.17) is 0 Å². The van der Waals surface area contributed by atoms with E-state index in [-0.39, 0.29) is 0 Å². The molecule has 1 atom stereocenters. The highest BCUT2D eigenvalue weighted by molar-refractivity contribution is 4.55. The molecule has 1 unspecified atom stereocenters. The fourth-order valence-corrected chi connectivity index (χ4v) is 2.62. The Morgan fingerprint density at radius 1 is 0.667 bits per heavy atom. The lowest BCUT2D eigenvalue weighted by Gasteiger charge is -2.10. The van der Waals surface area contributed by atoms with Crippen molar-refractivity contribution in [2.45, 2.75) is 104 Å². The van der Waals surface area contributed by atoms with Crippen molar-refractivity contribution in [1.29, 1.82) is 0 Å². The zero-order valence-corrected chi connectivity index (χ0v) is 13.2. The van der Waals surface area contributed by atoms with Gasteiger partial charge in [0.25, 0.3) is 0 Å². The lowest BCUT2D eigenvalue weighted by atomic mass is 9.96. The van der Waals surface area contributed by atoms with E-state index in [1.54, 1.807) is 0 Å². The first-order valence-electron chi connectivity index (χ1n) is 8.60. The van der Waals surface area contributed by atoms with Gasteiger partial charge in [-0.1, -0.05) is 111 Å². The highest BCUT2D eigenvalue weighted by Gasteiger charge is 2.01. The Balaban J connectivity index is 3.09. The topological polar surface area (TPSA) is 0 Å². The van der Waals surface area contributed by atoms with E-state index in [0.29, 0.717) is 0 Å². The highest BCUT2D eigenvalue weighted by atomic mass is 14.1. The maximum Gasteiger partial charge on any atom is -0.0443 e. The summed E-state index contributed by atoms with van der Waals surface area (Å²) in [4.78, 5) is 0. The van der Waals surface area contributed by atoms with Crippen molar-refractivity contribution in [3.05, 3.63) is 6.92 Å². The average Bonchev–Trinajstić information content (AvgIpc) is 2.37. The van der Waals surface area contributed by atoms with Crippen molar-refractivity contribution < 1.29 is 0 Å². The molecule has 0 bridgehead atoms. The molecule has 0 N–H and O–H groups in total. The predicted octanol–water partition coefficient (Wildman–Crippen LogP) is 6.94. The van der Waals surface area contributed by atoms with Crippen molar-refractivity contribution >= 4 is 0 Å². The van der Waals surface area contributed by atoms with Gasteiger partial charge in [-0.25, -0.2) is 0 Å². The Kier molecular flexibility index (Phi) is 15.1. The Morgan fingerprint density at radius 3 is 1.61 bits per heavy atom. The smallest absolute Gasteiger partial charge is 0.0443 e. The summed E-state index contributed by atoms with van der Waals surface area (Å²) >= 11 is 0. The van der Waals surface area contributed by atoms with Crippen LogP contribution >= 0.6 is 0 Å². The molecule has 0 fully saturated rings. The van der Waals surface area contributed by atoms with Crippen LogP contribution in [0, 0.1) is 12.8 Å². The molecular weight excluding hydrogens is 216 g/mol. The molecule has 0 aliphatic rings. The molecule has 18 heavy (non-hydrogen) atoms. The second kappa shape index (κ2) is 15.1. The van der Waals surface area contributed by atoms with Gasteiger partial charge in [0.2, 0.25) is 0 Å². The van der Waals surface area contributed by atoms with E-state index in [9.17, 15) is 0 Å². The standard InChI is InChI=1S/C18H37/c1-4-6-8-10-11-13-15-17-18(3)16-14-12-9-7-5-2/h18H,1,4-17H2,2-3H3. The van der Waals surface area contributed by atoms with E-state index >= 15 is 0 Å². The van der Waals surface area contributed by atoms with Crippen molar-refractivity contribution in [3.63, 3.8) is 0 Å². The third kappa shape index (κ3) is 14.1. The SMILES string of the molecule is [CH2]CCCCCCCCC(C)CCCCCCC. The average molecular weight is 253 g/mol. The van der Waals surface area contributed by atoms with Crippen LogP contribution in [0.4, 0.5) is 0 Å². The van der Waals surface area contributed by atoms with Gasteiger partial charge >= 0.3 is 0 Å². The van der Waals surface area contributed by atoms with Crippen molar-refractivity contribution in [2.24, 2.45) is 5.92 Å². The molecule has 0 saturated carbocycles. The molecule has 0 aliphatic carbocycles. The summed E-state index contributed by atoms with van der Waals surface area (Å²) in [6.07, 6.45) is 19.7. The fraction of sp³-hybridized carbons (Fsp3) is 0.944. The zero-order chi connectivity index (χ0) is 13.5. The molecule has 0 saturated heterocycles. The van der Waals surface area contributed by atoms with Crippen molar-refractivity contribution in [1.82, 2.24) is 0 Å². The summed E-state index contributed by atoms with van der Waals surface area (Å²) in [6.45, 7) is 8.63. The fourth-order valence-electron chi connectivity index (χ4n) is 2.62. The molecule has 0 aliphatic heterocycles. The van der Waals surface area contributed by atoms with Crippen molar-refractivity contribution in [3.8, 4) is 0 Å². The van der Waals surface area contributed by atoms with Crippen LogP contribution in [-0.2, 0) is 0 Å². The second-order valence-electron chi connectivity index (χ2n) is 6.07. The first kappa shape index (κ1) is 18.0. The molecule has 0 aromatic rings. The maximum atomic E-state index is 3.89. The van der Waals surface area contributed by atoms with E-state index in [1.165, 1.54) is 83.5 Å². The molecule has 0 aromatic heterocycles. The van der Waals surface area contributed by atoms with Crippen molar-refractivity contribution in [2.75, 3.05) is 0 Å². The molecular formula is C18H37. The molecule has 109 valence electrons. The largest absolute Gasteiger partial charge is 0.0654 e. The van der Waals surface area contributed by atoms with Gasteiger partial charge in [-0.3, -0.25) is 0 Å². The van der Waals surface area contributed by atoms with Crippen LogP contribution in [0.2, 0.25) is 0 Å². The summed E-state index contributed by atoms with van der Waals surface area (Å²) in [5.41, 5.74) is 0. The van der Waals surface area contributed by atoms with Crippen LogP contribution in [0.3, 0.4) is 0 Å². The Morgan fingerprint density at radius 2 is 1.11 bits per heavy atom. The van der Waals surface area contributed by atoms with Crippen LogP contribution in [0.15, 0.2) is 0 Å². The minimum absolute atomic E-state index is 0.964. The van der Waals surface area contributed by atoms with Gasteiger partial charge in [0, 0.05) is 0 Å². The quantitative estimate of drug-likeness (QED) is 0.294. The molecule has 1 radical (unpaired) electrons. The second-order valence-corrected chi connectivity index (χ2v) is 6.07. The highest BCUT2D eigenvalue weighted by Crippen LogP contribution is 2.18. The Bertz CT molecular complexity index is 139. The molecule has 0 heterocycles. The van der Waals surface area contributed by atoms with Crippen LogP contribution in [-0.4, -0.2) is 0 Å². The lowest BCUT2D eigenvalue weighted by molar-refractivity contribution is 0.432. The molecule has 0 heteroatoms. The van der Waals surface area contributed by atoms with Gasteiger partial charge in [0.1, 0.15) is 0 Å². The van der Waals surface area contributed by atoms with Gasteiger partial charge in [0.05, 0.1) is 0 Å².